The molecule has 1 atom stereocenters. The average molecular weight is 296 g/mol. The zero-order valence-electron chi connectivity index (χ0n) is 12.0. The predicted octanol–water partition coefficient (Wildman–Crippen LogP) is 1.59. The minimum Gasteiger partial charge on any atom is -0.367 e. The van der Waals surface area contributed by atoms with Gasteiger partial charge in [0.25, 0.3) is 11.8 Å². The fraction of sp³-hybridized carbons (Fsp3) is 0.571. The SMILES string of the molecule is CC(C)c1cc(C(=O)N2CCO[C@](C)(C(N)=O)C2)cs1. The van der Waals surface area contributed by atoms with Gasteiger partial charge in [-0.1, -0.05) is 13.8 Å². The normalized spacial score (nSPS) is 23.1. The van der Waals surface area contributed by atoms with Crippen LogP contribution in [0, 0.1) is 0 Å². The van der Waals surface area contributed by atoms with E-state index in [4.69, 9.17) is 10.5 Å². The second-order valence-corrected chi connectivity index (χ2v) is 6.51. The van der Waals surface area contributed by atoms with Crippen LogP contribution in [0.2, 0.25) is 0 Å². The summed E-state index contributed by atoms with van der Waals surface area (Å²) >= 11 is 1.59. The Bertz CT molecular complexity index is 526. The molecule has 0 radical (unpaired) electrons. The van der Waals surface area contributed by atoms with Crippen LogP contribution in [0.15, 0.2) is 11.4 Å². The van der Waals surface area contributed by atoms with Gasteiger partial charge in [0.15, 0.2) is 5.60 Å². The standard InChI is InChI=1S/C14H20N2O3S/c1-9(2)11-6-10(7-20-11)12(17)16-4-5-19-14(3,8-16)13(15)18/h6-7,9H,4-5,8H2,1-3H3,(H2,15,18)/t14-/m0/s1. The summed E-state index contributed by atoms with van der Waals surface area (Å²) in [5.41, 5.74) is 4.93. The van der Waals surface area contributed by atoms with Crippen molar-refractivity contribution < 1.29 is 14.3 Å². The van der Waals surface area contributed by atoms with Crippen molar-refractivity contribution in [1.29, 1.82) is 0 Å². The second-order valence-electron chi connectivity index (χ2n) is 5.56. The first-order valence-corrected chi connectivity index (χ1v) is 7.53. The smallest absolute Gasteiger partial charge is 0.254 e. The molecule has 2 heterocycles. The molecule has 20 heavy (non-hydrogen) atoms. The molecule has 0 aliphatic carbocycles. The quantitative estimate of drug-likeness (QED) is 0.920. The van der Waals surface area contributed by atoms with Crippen molar-refractivity contribution in [3.05, 3.63) is 21.9 Å². The molecule has 1 fully saturated rings. The number of nitrogens with two attached hydrogens (primary N) is 1. The number of primary amides is 1. The summed E-state index contributed by atoms with van der Waals surface area (Å²) in [7, 11) is 0. The lowest BCUT2D eigenvalue weighted by molar-refractivity contribution is -0.150. The largest absolute Gasteiger partial charge is 0.367 e. The molecule has 1 aliphatic rings. The van der Waals surface area contributed by atoms with Gasteiger partial charge in [0.05, 0.1) is 18.7 Å². The Morgan fingerprint density at radius 1 is 1.50 bits per heavy atom. The Morgan fingerprint density at radius 2 is 2.20 bits per heavy atom. The van der Waals surface area contributed by atoms with Gasteiger partial charge < -0.3 is 15.4 Å². The van der Waals surface area contributed by atoms with Gasteiger partial charge in [-0.3, -0.25) is 9.59 Å². The molecular weight excluding hydrogens is 276 g/mol. The molecule has 6 heteroatoms. The van der Waals surface area contributed by atoms with E-state index in [-0.39, 0.29) is 12.5 Å². The molecule has 0 saturated carbocycles. The molecule has 1 aliphatic heterocycles. The minimum atomic E-state index is -1.09. The van der Waals surface area contributed by atoms with Gasteiger partial charge in [0, 0.05) is 16.8 Å². The lowest BCUT2D eigenvalue weighted by Gasteiger charge is -2.38. The van der Waals surface area contributed by atoms with Gasteiger partial charge in [-0.2, -0.15) is 0 Å². The van der Waals surface area contributed by atoms with Crippen LogP contribution in [0.4, 0.5) is 0 Å². The highest BCUT2D eigenvalue weighted by Crippen LogP contribution is 2.25. The Kier molecular flexibility index (Phi) is 4.15. The summed E-state index contributed by atoms with van der Waals surface area (Å²) in [6.45, 7) is 6.83. The molecule has 2 amide bonds. The van der Waals surface area contributed by atoms with E-state index in [0.717, 1.165) is 0 Å². The van der Waals surface area contributed by atoms with Gasteiger partial charge >= 0.3 is 0 Å². The molecule has 0 unspecified atom stereocenters. The van der Waals surface area contributed by atoms with Gasteiger partial charge in [0.1, 0.15) is 0 Å². The van der Waals surface area contributed by atoms with E-state index in [1.54, 1.807) is 23.2 Å². The number of hydrogen-bond acceptors (Lipinski definition) is 4. The van der Waals surface area contributed by atoms with Crippen molar-refractivity contribution in [3.63, 3.8) is 0 Å². The van der Waals surface area contributed by atoms with Crippen LogP contribution < -0.4 is 5.73 Å². The van der Waals surface area contributed by atoms with Gasteiger partial charge in [-0.05, 0) is 18.9 Å². The van der Waals surface area contributed by atoms with E-state index >= 15 is 0 Å². The predicted molar refractivity (Wildman–Crippen MR) is 77.9 cm³/mol. The van der Waals surface area contributed by atoms with E-state index in [0.29, 0.717) is 24.6 Å². The summed E-state index contributed by atoms with van der Waals surface area (Å²) in [6, 6.07) is 1.93. The number of nitrogens with zero attached hydrogens (tertiary/aromatic N) is 1. The third kappa shape index (κ3) is 2.86. The summed E-state index contributed by atoms with van der Waals surface area (Å²) in [6.07, 6.45) is 0. The number of rotatable bonds is 3. The highest BCUT2D eigenvalue weighted by molar-refractivity contribution is 7.10. The molecule has 0 aromatic carbocycles. The number of carbonyl (C=O) groups excluding carboxylic acids is 2. The van der Waals surface area contributed by atoms with Crippen LogP contribution in [-0.4, -0.2) is 42.0 Å². The second kappa shape index (κ2) is 5.54. The number of ether oxygens (including phenoxy) is 1. The Morgan fingerprint density at radius 3 is 2.75 bits per heavy atom. The summed E-state index contributed by atoms with van der Waals surface area (Å²) in [4.78, 5) is 26.7. The maximum absolute atomic E-state index is 12.5. The molecule has 5 nitrogen and oxygen atoms in total. The zero-order valence-corrected chi connectivity index (χ0v) is 12.8. The molecule has 1 aromatic rings. The van der Waals surface area contributed by atoms with Crippen molar-refractivity contribution in [2.24, 2.45) is 5.73 Å². The number of carbonyl (C=O) groups is 2. The van der Waals surface area contributed by atoms with Gasteiger partial charge in [-0.15, -0.1) is 11.3 Å². The van der Waals surface area contributed by atoms with Crippen molar-refractivity contribution >= 4 is 23.2 Å². The van der Waals surface area contributed by atoms with Crippen LogP contribution >= 0.6 is 11.3 Å². The molecule has 0 bridgehead atoms. The maximum Gasteiger partial charge on any atom is 0.254 e. The Labute approximate surface area is 122 Å². The zero-order chi connectivity index (χ0) is 14.9. The van der Waals surface area contributed by atoms with E-state index < -0.39 is 11.5 Å². The summed E-state index contributed by atoms with van der Waals surface area (Å²) in [5.74, 6) is -0.200. The van der Waals surface area contributed by atoms with Crippen LogP contribution in [0.25, 0.3) is 0 Å². The van der Waals surface area contributed by atoms with Crippen LogP contribution in [-0.2, 0) is 9.53 Å². The van der Waals surface area contributed by atoms with E-state index in [2.05, 4.69) is 13.8 Å². The van der Waals surface area contributed by atoms with Crippen molar-refractivity contribution in [2.45, 2.75) is 32.3 Å². The van der Waals surface area contributed by atoms with E-state index in [1.807, 2.05) is 11.4 Å². The first-order chi connectivity index (χ1) is 9.33. The van der Waals surface area contributed by atoms with Crippen LogP contribution in [0.3, 0.4) is 0 Å². The Balaban J connectivity index is 2.14. The highest BCUT2D eigenvalue weighted by Gasteiger charge is 2.39. The van der Waals surface area contributed by atoms with Gasteiger partial charge in [-0.25, -0.2) is 0 Å². The monoisotopic (exact) mass is 296 g/mol. The molecular formula is C14H20N2O3S. The lowest BCUT2D eigenvalue weighted by atomic mass is 10.0. The van der Waals surface area contributed by atoms with E-state index in [9.17, 15) is 9.59 Å². The topological polar surface area (TPSA) is 72.6 Å². The lowest BCUT2D eigenvalue weighted by Crippen LogP contribution is -2.58. The first kappa shape index (κ1) is 15.0. The molecule has 1 saturated heterocycles. The molecule has 0 spiro atoms. The summed E-state index contributed by atoms with van der Waals surface area (Å²) in [5, 5.41) is 1.87. The number of amides is 2. The molecule has 2 N–H and O–H groups in total. The highest BCUT2D eigenvalue weighted by atomic mass is 32.1. The third-order valence-corrected chi connectivity index (χ3v) is 4.75. The number of morpholine rings is 1. The molecule has 110 valence electrons. The van der Waals surface area contributed by atoms with E-state index in [1.165, 1.54) is 4.88 Å². The number of thiophene rings is 1. The maximum atomic E-state index is 12.5. The van der Waals surface area contributed by atoms with Crippen molar-refractivity contribution in [1.82, 2.24) is 4.90 Å². The average Bonchev–Trinajstić information content (AvgIpc) is 2.87. The molecule has 2 rings (SSSR count). The molecule has 1 aromatic heterocycles. The fourth-order valence-corrected chi connectivity index (χ4v) is 3.04. The van der Waals surface area contributed by atoms with Crippen LogP contribution in [0.5, 0.6) is 0 Å². The minimum absolute atomic E-state index is 0.0658. The number of hydrogen-bond donors (Lipinski definition) is 1. The third-order valence-electron chi connectivity index (χ3n) is 3.52. The van der Waals surface area contributed by atoms with Gasteiger partial charge in [0.2, 0.25) is 0 Å². The Hall–Kier alpha value is -1.40. The van der Waals surface area contributed by atoms with Crippen LogP contribution in [0.1, 0.15) is 41.9 Å². The van der Waals surface area contributed by atoms with Crippen molar-refractivity contribution in [2.75, 3.05) is 19.7 Å². The van der Waals surface area contributed by atoms with Crippen molar-refractivity contribution in [3.8, 4) is 0 Å². The first-order valence-electron chi connectivity index (χ1n) is 6.65. The fourth-order valence-electron chi connectivity index (χ4n) is 2.14. The summed E-state index contributed by atoms with van der Waals surface area (Å²) < 4.78 is 5.42.